The van der Waals surface area contributed by atoms with Crippen LogP contribution in [-0.2, 0) is 17.9 Å². The number of amides is 2. The fourth-order valence-electron chi connectivity index (χ4n) is 4.44. The van der Waals surface area contributed by atoms with Crippen molar-refractivity contribution in [2.24, 2.45) is 5.73 Å². The summed E-state index contributed by atoms with van der Waals surface area (Å²) < 4.78 is 15.6. The molecule has 31 heavy (non-hydrogen) atoms. The van der Waals surface area contributed by atoms with Gasteiger partial charge in [0.1, 0.15) is 5.82 Å². The molecule has 0 radical (unpaired) electrons. The van der Waals surface area contributed by atoms with E-state index in [0.717, 1.165) is 22.0 Å². The number of halogens is 1. The highest BCUT2D eigenvalue weighted by molar-refractivity contribution is 6.20. The Morgan fingerprint density at radius 1 is 1.13 bits per heavy atom. The highest BCUT2D eigenvalue weighted by atomic mass is 19.1. The minimum Gasteiger partial charge on any atom is -0.366 e. The van der Waals surface area contributed by atoms with Gasteiger partial charge in [0.2, 0.25) is 0 Å². The lowest BCUT2D eigenvalue weighted by Crippen LogP contribution is -2.23. The number of para-hydroxylation sites is 1. The van der Waals surface area contributed by atoms with Gasteiger partial charge in [0.25, 0.3) is 11.8 Å². The normalized spacial score (nSPS) is 12.6. The van der Waals surface area contributed by atoms with Crippen molar-refractivity contribution in [3.63, 3.8) is 0 Å². The van der Waals surface area contributed by atoms with Crippen molar-refractivity contribution in [2.45, 2.75) is 20.0 Å². The summed E-state index contributed by atoms with van der Waals surface area (Å²) in [5, 5.41) is 1.41. The molecule has 2 amide bonds. The maximum Gasteiger partial charge on any atom is 0.299 e. The third kappa shape index (κ3) is 2.86. The van der Waals surface area contributed by atoms with Crippen molar-refractivity contribution in [1.82, 2.24) is 9.88 Å². The number of carbonyl (C=O) groups is 2. The Morgan fingerprint density at radius 2 is 1.94 bits per heavy atom. The van der Waals surface area contributed by atoms with Crippen molar-refractivity contribution >= 4 is 33.6 Å². The van der Waals surface area contributed by atoms with Gasteiger partial charge in [0.15, 0.2) is 0 Å². The zero-order chi connectivity index (χ0) is 21.7. The van der Waals surface area contributed by atoms with Gasteiger partial charge in [-0.1, -0.05) is 42.3 Å². The molecule has 5 rings (SSSR count). The van der Waals surface area contributed by atoms with Crippen LogP contribution in [0.1, 0.15) is 28.4 Å². The molecule has 0 fully saturated rings. The van der Waals surface area contributed by atoms with Crippen molar-refractivity contribution in [3.8, 4) is 23.0 Å². The van der Waals surface area contributed by atoms with Crippen LogP contribution in [0.4, 0.5) is 4.39 Å². The number of primary amides is 1. The average Bonchev–Trinajstić information content (AvgIpc) is 3.35. The molecule has 0 aliphatic carbocycles. The van der Waals surface area contributed by atoms with Gasteiger partial charge in [0.05, 0.1) is 11.1 Å². The minimum atomic E-state index is -0.699. The van der Waals surface area contributed by atoms with Crippen LogP contribution in [0.25, 0.3) is 32.9 Å². The Balaban J connectivity index is 1.81. The largest absolute Gasteiger partial charge is 0.366 e. The van der Waals surface area contributed by atoms with E-state index in [1.165, 1.54) is 6.07 Å². The Hall–Kier alpha value is -4.11. The molecular formula is C25H18FN3O2. The van der Waals surface area contributed by atoms with Crippen LogP contribution in [0.2, 0.25) is 0 Å². The maximum atomic E-state index is 15.6. The highest BCUT2D eigenvalue weighted by Crippen LogP contribution is 2.41. The maximum absolute atomic E-state index is 15.6. The monoisotopic (exact) mass is 411 g/mol. The number of H-pyrrole nitrogens is 1. The van der Waals surface area contributed by atoms with Crippen molar-refractivity contribution in [3.05, 3.63) is 71.0 Å². The average molecular weight is 411 g/mol. The minimum absolute atomic E-state index is 0.107. The van der Waals surface area contributed by atoms with Crippen LogP contribution in [0.5, 0.6) is 0 Å². The van der Waals surface area contributed by atoms with Gasteiger partial charge in [-0.3, -0.25) is 9.59 Å². The molecule has 0 unspecified atom stereocenters. The van der Waals surface area contributed by atoms with E-state index < -0.39 is 11.7 Å². The molecule has 1 aromatic heterocycles. The SMILES string of the molecule is CC#CC(=O)N1Cc2cccc(-c3c(F)cc(C(N)=O)c4[nH]c5ccccc5c34)c2C1. The molecule has 0 atom stereocenters. The summed E-state index contributed by atoms with van der Waals surface area (Å²) in [6, 6.07) is 14.3. The number of rotatable bonds is 2. The number of nitrogens with one attached hydrogen (secondary N) is 1. The third-order valence-electron chi connectivity index (χ3n) is 5.77. The molecule has 0 bridgehead atoms. The molecule has 3 aromatic carbocycles. The van der Waals surface area contributed by atoms with Crippen LogP contribution in [0.15, 0.2) is 48.5 Å². The molecule has 1 aliphatic rings. The first-order chi connectivity index (χ1) is 15.0. The number of fused-ring (bicyclic) bond motifs is 4. The van der Waals surface area contributed by atoms with Crippen LogP contribution < -0.4 is 5.73 Å². The standard InChI is InChI=1S/C25H18FN3O2/c1-2-6-21(30)29-12-14-7-5-9-15(18(14)13-29)22-19(26)11-17(25(27)31)24-23(22)16-8-3-4-10-20(16)28-24/h3-5,7-11,28H,12-13H2,1H3,(H2,27,31). The van der Waals surface area contributed by atoms with E-state index in [4.69, 9.17) is 5.73 Å². The second-order valence-corrected chi connectivity index (χ2v) is 7.55. The van der Waals surface area contributed by atoms with Crippen molar-refractivity contribution < 1.29 is 14.0 Å². The zero-order valence-corrected chi connectivity index (χ0v) is 16.8. The Kier molecular flexibility index (Phi) is 4.26. The van der Waals surface area contributed by atoms with Gasteiger partial charge < -0.3 is 15.6 Å². The van der Waals surface area contributed by atoms with Gasteiger partial charge >= 0.3 is 0 Å². The van der Waals surface area contributed by atoms with E-state index in [1.54, 1.807) is 11.8 Å². The van der Waals surface area contributed by atoms with Crippen molar-refractivity contribution in [2.75, 3.05) is 0 Å². The molecule has 0 saturated carbocycles. The number of benzene rings is 3. The highest BCUT2D eigenvalue weighted by Gasteiger charge is 2.28. The molecule has 2 heterocycles. The van der Waals surface area contributed by atoms with E-state index >= 15 is 4.39 Å². The lowest BCUT2D eigenvalue weighted by molar-refractivity contribution is -0.125. The summed E-state index contributed by atoms with van der Waals surface area (Å²) >= 11 is 0. The third-order valence-corrected chi connectivity index (χ3v) is 5.77. The second kappa shape index (κ2) is 6.99. The topological polar surface area (TPSA) is 79.2 Å². The molecule has 152 valence electrons. The number of carbonyl (C=O) groups excluding carboxylic acids is 2. The van der Waals surface area contributed by atoms with E-state index in [2.05, 4.69) is 16.8 Å². The fourth-order valence-corrected chi connectivity index (χ4v) is 4.44. The fraction of sp³-hybridized carbons (Fsp3) is 0.120. The van der Waals surface area contributed by atoms with E-state index in [1.807, 2.05) is 42.5 Å². The molecule has 4 aromatic rings. The first-order valence-electron chi connectivity index (χ1n) is 9.85. The number of hydrogen-bond donors (Lipinski definition) is 2. The predicted octanol–water partition coefficient (Wildman–Crippen LogP) is 4.09. The van der Waals surface area contributed by atoms with Gasteiger partial charge in [-0.15, -0.1) is 0 Å². The first-order valence-corrected chi connectivity index (χ1v) is 9.85. The predicted molar refractivity (Wildman–Crippen MR) is 117 cm³/mol. The van der Waals surface area contributed by atoms with Gasteiger partial charge in [-0.25, -0.2) is 4.39 Å². The van der Waals surface area contributed by atoms with Crippen LogP contribution in [0.3, 0.4) is 0 Å². The molecule has 0 saturated heterocycles. The van der Waals surface area contributed by atoms with Gasteiger partial charge in [-0.05, 0) is 41.7 Å². The molecule has 5 nitrogen and oxygen atoms in total. The number of hydrogen-bond acceptors (Lipinski definition) is 2. The number of aromatic amines is 1. The summed E-state index contributed by atoms with van der Waals surface area (Å²) in [5.41, 5.74) is 9.87. The summed E-state index contributed by atoms with van der Waals surface area (Å²) in [6.07, 6.45) is 0. The Morgan fingerprint density at radius 3 is 2.71 bits per heavy atom. The Labute approximate surface area is 177 Å². The second-order valence-electron chi connectivity index (χ2n) is 7.55. The molecule has 6 heteroatoms. The summed E-state index contributed by atoms with van der Waals surface area (Å²) in [4.78, 5) is 29.2. The van der Waals surface area contributed by atoms with Crippen LogP contribution in [0, 0.1) is 17.7 Å². The lowest BCUT2D eigenvalue weighted by Gasteiger charge is -2.14. The first kappa shape index (κ1) is 18.9. The molecular weight excluding hydrogens is 393 g/mol. The lowest BCUT2D eigenvalue weighted by atomic mass is 9.91. The molecule has 3 N–H and O–H groups in total. The summed E-state index contributed by atoms with van der Waals surface area (Å²) in [5.74, 6) is 3.72. The molecule has 0 spiro atoms. The number of nitrogens with zero attached hydrogens (tertiary/aromatic N) is 1. The number of nitrogens with two attached hydrogens (primary N) is 1. The van der Waals surface area contributed by atoms with E-state index in [-0.39, 0.29) is 11.5 Å². The van der Waals surface area contributed by atoms with Crippen molar-refractivity contribution in [1.29, 1.82) is 0 Å². The smallest absolute Gasteiger partial charge is 0.299 e. The summed E-state index contributed by atoms with van der Waals surface area (Å²) in [7, 11) is 0. The van der Waals surface area contributed by atoms with Gasteiger partial charge in [0, 0.05) is 34.9 Å². The molecule has 1 aliphatic heterocycles. The number of aromatic nitrogens is 1. The van der Waals surface area contributed by atoms with Crippen LogP contribution in [-0.4, -0.2) is 21.7 Å². The van der Waals surface area contributed by atoms with E-state index in [0.29, 0.717) is 35.1 Å². The van der Waals surface area contributed by atoms with Gasteiger partial charge in [-0.2, -0.15) is 0 Å². The zero-order valence-electron chi connectivity index (χ0n) is 16.8. The summed E-state index contributed by atoms with van der Waals surface area (Å²) in [6.45, 7) is 2.39. The van der Waals surface area contributed by atoms with Crippen LogP contribution >= 0.6 is 0 Å². The Bertz CT molecular complexity index is 1470. The van der Waals surface area contributed by atoms with E-state index in [9.17, 15) is 9.59 Å². The quantitative estimate of drug-likeness (QED) is 0.487.